The molecule has 11 aromatic rings. The van der Waals surface area contributed by atoms with E-state index in [1.165, 1.54) is 72.3 Å². The molecule has 0 fully saturated rings. The van der Waals surface area contributed by atoms with Crippen molar-refractivity contribution in [1.29, 1.82) is 0 Å². The zero-order valence-electron chi connectivity index (χ0n) is 41.9. The minimum Gasteiger partial charge on any atom is -0.228 e. The van der Waals surface area contributed by atoms with Crippen molar-refractivity contribution in [1.82, 2.24) is 9.97 Å². The highest BCUT2D eigenvalue weighted by molar-refractivity contribution is 5.91. The molecule has 1 aliphatic carbocycles. The minimum absolute atomic E-state index is 0.330. The summed E-state index contributed by atoms with van der Waals surface area (Å²) in [5.41, 5.74) is 25.9. The van der Waals surface area contributed by atoms with E-state index in [0.29, 0.717) is 5.82 Å². The van der Waals surface area contributed by atoms with Crippen molar-refractivity contribution in [2.75, 3.05) is 0 Å². The fourth-order valence-electron chi connectivity index (χ4n) is 11.0. The van der Waals surface area contributed by atoms with E-state index in [1.807, 2.05) is 12.1 Å². The molecule has 350 valence electrons. The molecule has 0 aliphatic heterocycles. The molecular formula is C71H56N2. The summed E-state index contributed by atoms with van der Waals surface area (Å²) in [5, 5.41) is 0. The number of rotatable bonds is 9. The van der Waals surface area contributed by atoms with Gasteiger partial charge in [0.1, 0.15) is 0 Å². The highest BCUT2D eigenvalue weighted by Crippen LogP contribution is 2.57. The first-order valence-corrected chi connectivity index (χ1v) is 25.2. The molecule has 1 aliphatic rings. The molecule has 0 unspecified atom stereocenters. The molecule has 0 atom stereocenters. The lowest BCUT2D eigenvalue weighted by molar-refractivity contribution is 0.767. The van der Waals surface area contributed by atoms with E-state index in [1.54, 1.807) is 0 Å². The summed E-state index contributed by atoms with van der Waals surface area (Å²) in [7, 11) is 0. The number of hydrogen-bond acceptors (Lipinski definition) is 2. The van der Waals surface area contributed by atoms with Gasteiger partial charge in [0.05, 0.1) is 16.8 Å². The van der Waals surface area contributed by atoms with Gasteiger partial charge >= 0.3 is 0 Å². The second kappa shape index (κ2) is 20.0. The predicted octanol–water partition coefficient (Wildman–Crippen LogP) is 18.4. The van der Waals surface area contributed by atoms with Crippen LogP contribution in [0.25, 0.3) is 84.5 Å². The average molecular weight is 937 g/mol. The molecule has 10 aromatic carbocycles. The highest BCUT2D eigenvalue weighted by atomic mass is 14.9. The SMILES string of the molecule is C=Cc1cccc(-c2nc(-c3cccc(C)c3)cc(-c3cccc(-c4ccccc4)c3)n2)c1-c1ccccc1C.Cc1ccccc1-c1cc2c(cc1C)C(c1ccccc1)(c1ccccc1)c1ccccc1-2. The normalized spacial score (nSPS) is 12.0. The van der Waals surface area contributed by atoms with Crippen LogP contribution in [0.5, 0.6) is 0 Å². The Labute approximate surface area is 430 Å². The Kier molecular flexibility index (Phi) is 12.7. The lowest BCUT2D eigenvalue weighted by atomic mass is 9.67. The van der Waals surface area contributed by atoms with Crippen molar-refractivity contribution in [2.45, 2.75) is 33.1 Å². The highest BCUT2D eigenvalue weighted by Gasteiger charge is 2.46. The van der Waals surface area contributed by atoms with Gasteiger partial charge in [0.25, 0.3) is 0 Å². The van der Waals surface area contributed by atoms with E-state index in [2.05, 4.69) is 277 Å². The molecule has 0 N–H and O–H groups in total. The third-order valence-electron chi connectivity index (χ3n) is 14.5. The molecule has 73 heavy (non-hydrogen) atoms. The van der Waals surface area contributed by atoms with Gasteiger partial charge in [-0.15, -0.1) is 0 Å². The zero-order chi connectivity index (χ0) is 49.9. The third-order valence-corrected chi connectivity index (χ3v) is 14.5. The first-order valence-electron chi connectivity index (χ1n) is 25.2. The summed E-state index contributed by atoms with van der Waals surface area (Å²) in [6.45, 7) is 12.8. The smallest absolute Gasteiger partial charge is 0.161 e. The van der Waals surface area contributed by atoms with Gasteiger partial charge in [0, 0.05) is 22.3 Å². The van der Waals surface area contributed by atoms with Crippen molar-refractivity contribution >= 4 is 6.08 Å². The maximum atomic E-state index is 5.20. The van der Waals surface area contributed by atoms with Crippen LogP contribution < -0.4 is 0 Å². The Balaban J connectivity index is 0.000000160. The summed E-state index contributed by atoms with van der Waals surface area (Å²) in [5.74, 6) is 0.695. The molecule has 0 bridgehead atoms. The molecule has 2 heteroatoms. The second-order valence-corrected chi connectivity index (χ2v) is 19.1. The van der Waals surface area contributed by atoms with E-state index >= 15 is 0 Å². The van der Waals surface area contributed by atoms with Gasteiger partial charge in [-0.05, 0) is 135 Å². The fraction of sp³-hybridized carbons (Fsp3) is 0.0704. The third kappa shape index (κ3) is 8.72. The molecule has 0 saturated heterocycles. The summed E-state index contributed by atoms with van der Waals surface area (Å²) < 4.78 is 0. The van der Waals surface area contributed by atoms with Crippen LogP contribution in [0.2, 0.25) is 0 Å². The van der Waals surface area contributed by atoms with Crippen LogP contribution in [0, 0.1) is 27.7 Å². The van der Waals surface area contributed by atoms with Gasteiger partial charge in [0.2, 0.25) is 0 Å². The number of aryl methyl sites for hydroxylation is 4. The van der Waals surface area contributed by atoms with Gasteiger partial charge < -0.3 is 0 Å². The molecule has 1 heterocycles. The average Bonchev–Trinajstić information content (AvgIpc) is 3.73. The number of fused-ring (bicyclic) bond motifs is 3. The van der Waals surface area contributed by atoms with Gasteiger partial charge in [0.15, 0.2) is 5.82 Å². The van der Waals surface area contributed by atoms with E-state index in [0.717, 1.165) is 50.3 Å². The fourth-order valence-corrected chi connectivity index (χ4v) is 11.0. The summed E-state index contributed by atoms with van der Waals surface area (Å²) in [4.78, 5) is 10.4. The Bertz CT molecular complexity index is 3750. The number of nitrogens with zero attached hydrogens (tertiary/aromatic N) is 2. The van der Waals surface area contributed by atoms with Crippen molar-refractivity contribution < 1.29 is 0 Å². The number of hydrogen-bond donors (Lipinski definition) is 0. The molecule has 0 saturated carbocycles. The van der Waals surface area contributed by atoms with Crippen LogP contribution in [0.15, 0.2) is 255 Å². The molecule has 12 rings (SSSR count). The maximum Gasteiger partial charge on any atom is 0.161 e. The molecule has 2 nitrogen and oxygen atoms in total. The van der Waals surface area contributed by atoms with Crippen molar-refractivity contribution in [3.8, 4) is 78.4 Å². The second-order valence-electron chi connectivity index (χ2n) is 19.1. The maximum absolute atomic E-state index is 5.20. The standard InChI is InChI=1S/C38H30N2.C33H26/c1-4-28-17-12-22-34(37(28)33-21-9-8-14-27(33)3)38-39-35(31-19-10-13-26(2)23-31)25-36(40-38)32-20-11-18-30(24-32)29-15-6-5-7-16-29;1-23-13-9-10-18-27(23)29-22-30-28-19-11-12-20-31(28)33(32(30)21-24(29)2,25-14-5-3-6-15-25)26-16-7-4-8-17-26/h4-25H,1H2,2-3H3;3-22H,1-2H3. The van der Waals surface area contributed by atoms with Crippen molar-refractivity contribution in [3.63, 3.8) is 0 Å². The Morgan fingerprint density at radius 2 is 0.849 bits per heavy atom. The van der Waals surface area contributed by atoms with Crippen LogP contribution in [0.1, 0.15) is 50.1 Å². The first-order chi connectivity index (χ1) is 35.8. The number of aromatic nitrogens is 2. The lowest BCUT2D eigenvalue weighted by Gasteiger charge is -2.34. The first kappa shape index (κ1) is 46.4. The van der Waals surface area contributed by atoms with Crippen LogP contribution in [0.4, 0.5) is 0 Å². The van der Waals surface area contributed by atoms with Crippen LogP contribution in [0.3, 0.4) is 0 Å². The van der Waals surface area contributed by atoms with E-state index < -0.39 is 0 Å². The quantitative estimate of drug-likeness (QED) is 0.144. The molecule has 0 radical (unpaired) electrons. The summed E-state index contributed by atoms with van der Waals surface area (Å²) in [6, 6.07) is 88.9. The van der Waals surface area contributed by atoms with Gasteiger partial charge in [-0.2, -0.15) is 0 Å². The molecule has 0 amide bonds. The van der Waals surface area contributed by atoms with E-state index in [9.17, 15) is 0 Å². The summed E-state index contributed by atoms with van der Waals surface area (Å²) >= 11 is 0. The Morgan fingerprint density at radius 3 is 1.48 bits per heavy atom. The van der Waals surface area contributed by atoms with Gasteiger partial charge in [-0.25, -0.2) is 9.97 Å². The Morgan fingerprint density at radius 1 is 0.342 bits per heavy atom. The lowest BCUT2D eigenvalue weighted by Crippen LogP contribution is -2.28. The Hall–Kier alpha value is -8.98. The monoisotopic (exact) mass is 936 g/mol. The van der Waals surface area contributed by atoms with Crippen LogP contribution >= 0.6 is 0 Å². The van der Waals surface area contributed by atoms with E-state index in [4.69, 9.17) is 9.97 Å². The zero-order valence-corrected chi connectivity index (χ0v) is 41.9. The molecule has 0 spiro atoms. The van der Waals surface area contributed by atoms with Gasteiger partial charge in [-0.1, -0.05) is 243 Å². The van der Waals surface area contributed by atoms with Gasteiger partial charge in [-0.3, -0.25) is 0 Å². The minimum atomic E-state index is -0.330. The van der Waals surface area contributed by atoms with Crippen molar-refractivity contribution in [3.05, 3.63) is 305 Å². The molecular weight excluding hydrogens is 881 g/mol. The largest absolute Gasteiger partial charge is 0.228 e. The number of benzene rings is 10. The molecule has 1 aromatic heterocycles. The van der Waals surface area contributed by atoms with E-state index in [-0.39, 0.29) is 5.41 Å². The van der Waals surface area contributed by atoms with Crippen LogP contribution in [-0.4, -0.2) is 9.97 Å². The van der Waals surface area contributed by atoms with Crippen molar-refractivity contribution in [2.24, 2.45) is 0 Å². The topological polar surface area (TPSA) is 25.8 Å². The predicted molar refractivity (Wildman–Crippen MR) is 307 cm³/mol. The van der Waals surface area contributed by atoms with Crippen LogP contribution in [-0.2, 0) is 5.41 Å². The summed E-state index contributed by atoms with van der Waals surface area (Å²) in [6.07, 6.45) is 1.92.